The first kappa shape index (κ1) is 19.2. The smallest absolute Gasteiger partial charge is 0.338 e. The van der Waals surface area contributed by atoms with Crippen molar-refractivity contribution < 1.29 is 22.9 Å². The molecule has 0 N–H and O–H groups in total. The molecule has 0 saturated carbocycles. The normalized spacial score (nSPS) is 11.2. The number of nitro benzene ring substituents is 1. The quantitative estimate of drug-likeness (QED) is 0.353. The van der Waals surface area contributed by atoms with Crippen LogP contribution in [0, 0.1) is 10.1 Å². The van der Waals surface area contributed by atoms with Gasteiger partial charge in [-0.25, -0.2) is 17.9 Å². The molecule has 0 bridgehead atoms. The van der Waals surface area contributed by atoms with Crippen LogP contribution in [0.4, 0.5) is 5.69 Å². The van der Waals surface area contributed by atoms with Crippen LogP contribution in [0.3, 0.4) is 0 Å². The summed E-state index contributed by atoms with van der Waals surface area (Å²) in [6, 6.07) is 12.4. The van der Waals surface area contributed by atoms with Crippen LogP contribution < -0.4 is 0 Å². The van der Waals surface area contributed by atoms with E-state index < -0.39 is 31.3 Å². The van der Waals surface area contributed by atoms with Gasteiger partial charge in [0.15, 0.2) is 9.84 Å². The summed E-state index contributed by atoms with van der Waals surface area (Å²) in [7, 11) is -3.80. The van der Waals surface area contributed by atoms with Gasteiger partial charge in [0.2, 0.25) is 0 Å². The fourth-order valence-electron chi connectivity index (χ4n) is 2.49. The summed E-state index contributed by atoms with van der Waals surface area (Å²) in [4.78, 5) is 22.0. The van der Waals surface area contributed by atoms with Crippen molar-refractivity contribution in [1.29, 1.82) is 0 Å². The van der Waals surface area contributed by atoms with Gasteiger partial charge >= 0.3 is 5.97 Å². The standard InChI is InChI=1S/C18H15N3O6S/c1-28(25,26)17-8-7-14(9-16(17)21(23)24)18(22)27-12-13-10-19-20(11-13)15-5-3-2-4-6-15/h2-11H,12H2,1H3. The summed E-state index contributed by atoms with van der Waals surface area (Å²) >= 11 is 0. The maximum atomic E-state index is 12.2. The van der Waals surface area contributed by atoms with Crippen molar-refractivity contribution >= 4 is 21.5 Å². The SMILES string of the molecule is CS(=O)(=O)c1ccc(C(=O)OCc2cnn(-c3ccccc3)c2)cc1[N+](=O)[O-]. The second kappa shape index (κ2) is 7.61. The molecule has 1 aromatic heterocycles. The van der Waals surface area contributed by atoms with E-state index in [-0.39, 0.29) is 12.2 Å². The lowest BCUT2D eigenvalue weighted by molar-refractivity contribution is -0.387. The van der Waals surface area contributed by atoms with Crippen molar-refractivity contribution in [2.45, 2.75) is 11.5 Å². The minimum absolute atomic E-state index is 0.0900. The molecule has 0 amide bonds. The van der Waals surface area contributed by atoms with Gasteiger partial charge in [-0.2, -0.15) is 5.10 Å². The summed E-state index contributed by atoms with van der Waals surface area (Å²) < 4.78 is 30.1. The average molecular weight is 401 g/mol. The fraction of sp³-hybridized carbons (Fsp3) is 0.111. The number of hydrogen-bond acceptors (Lipinski definition) is 7. The van der Waals surface area contributed by atoms with E-state index in [4.69, 9.17) is 4.74 Å². The van der Waals surface area contributed by atoms with Crippen molar-refractivity contribution in [3.8, 4) is 5.69 Å². The highest BCUT2D eigenvalue weighted by Gasteiger charge is 2.24. The largest absolute Gasteiger partial charge is 0.457 e. The molecule has 28 heavy (non-hydrogen) atoms. The second-order valence-corrected chi connectivity index (χ2v) is 7.90. The predicted octanol–water partition coefficient (Wildman–Crippen LogP) is 2.54. The number of ether oxygens (including phenoxy) is 1. The molecule has 9 nitrogen and oxygen atoms in total. The van der Waals surface area contributed by atoms with E-state index in [0.717, 1.165) is 24.1 Å². The number of aromatic nitrogens is 2. The van der Waals surface area contributed by atoms with Crippen LogP contribution in [0.15, 0.2) is 65.8 Å². The summed E-state index contributed by atoms with van der Waals surface area (Å²) in [5.74, 6) is -0.810. The zero-order valence-electron chi connectivity index (χ0n) is 14.7. The number of benzene rings is 2. The van der Waals surface area contributed by atoms with Crippen molar-refractivity contribution in [2.24, 2.45) is 0 Å². The lowest BCUT2D eigenvalue weighted by Gasteiger charge is -2.05. The van der Waals surface area contributed by atoms with Gasteiger partial charge in [0.1, 0.15) is 11.5 Å². The highest BCUT2D eigenvalue weighted by Crippen LogP contribution is 2.25. The molecule has 3 aromatic rings. The van der Waals surface area contributed by atoms with Gasteiger partial charge in [0.05, 0.1) is 22.4 Å². The van der Waals surface area contributed by atoms with E-state index >= 15 is 0 Å². The van der Waals surface area contributed by atoms with E-state index in [0.29, 0.717) is 5.56 Å². The number of carbonyl (C=O) groups excluding carboxylic acids is 1. The number of nitrogens with zero attached hydrogens (tertiary/aromatic N) is 3. The molecule has 0 aliphatic rings. The molecular weight excluding hydrogens is 386 g/mol. The summed E-state index contributed by atoms with van der Waals surface area (Å²) in [6.45, 7) is -0.0900. The van der Waals surface area contributed by atoms with Crippen LogP contribution in [0.2, 0.25) is 0 Å². The van der Waals surface area contributed by atoms with Gasteiger partial charge in [-0.1, -0.05) is 18.2 Å². The third kappa shape index (κ3) is 4.23. The Kier molecular flexibility index (Phi) is 5.23. The van der Waals surface area contributed by atoms with Crippen molar-refractivity contribution in [1.82, 2.24) is 9.78 Å². The molecule has 0 fully saturated rings. The third-order valence-electron chi connectivity index (χ3n) is 3.82. The molecule has 2 aromatic carbocycles. The summed E-state index contributed by atoms with van der Waals surface area (Å²) in [5, 5.41) is 15.3. The van der Waals surface area contributed by atoms with E-state index in [2.05, 4.69) is 5.10 Å². The van der Waals surface area contributed by atoms with Gasteiger partial charge < -0.3 is 4.74 Å². The van der Waals surface area contributed by atoms with Crippen LogP contribution in [-0.4, -0.2) is 35.3 Å². The zero-order chi connectivity index (χ0) is 20.3. The Morgan fingerprint density at radius 2 is 1.93 bits per heavy atom. The minimum atomic E-state index is -3.80. The summed E-state index contributed by atoms with van der Waals surface area (Å²) in [5.41, 5.74) is 0.676. The van der Waals surface area contributed by atoms with Crippen LogP contribution in [0.1, 0.15) is 15.9 Å². The Morgan fingerprint density at radius 3 is 2.57 bits per heavy atom. The van der Waals surface area contributed by atoms with E-state index in [9.17, 15) is 23.3 Å². The first-order valence-electron chi connectivity index (χ1n) is 8.00. The highest BCUT2D eigenvalue weighted by molar-refractivity contribution is 7.90. The Morgan fingerprint density at radius 1 is 1.21 bits per heavy atom. The van der Waals surface area contributed by atoms with Crippen LogP contribution in [-0.2, 0) is 21.2 Å². The van der Waals surface area contributed by atoms with E-state index in [1.807, 2.05) is 30.3 Å². The number of sulfone groups is 1. The molecule has 0 unspecified atom stereocenters. The van der Waals surface area contributed by atoms with Gasteiger partial charge in [-0.05, 0) is 24.3 Å². The van der Waals surface area contributed by atoms with E-state index in [1.165, 1.54) is 12.3 Å². The fourth-order valence-corrected chi connectivity index (χ4v) is 3.32. The number of carbonyl (C=O) groups is 1. The van der Waals surface area contributed by atoms with Crippen LogP contribution in [0.5, 0.6) is 0 Å². The molecule has 0 atom stereocenters. The Labute approximate surface area is 160 Å². The molecule has 0 radical (unpaired) electrons. The van der Waals surface area contributed by atoms with Crippen molar-refractivity contribution in [3.63, 3.8) is 0 Å². The highest BCUT2D eigenvalue weighted by atomic mass is 32.2. The molecule has 0 saturated heterocycles. The van der Waals surface area contributed by atoms with Gasteiger partial charge in [-0.15, -0.1) is 0 Å². The van der Waals surface area contributed by atoms with Gasteiger partial charge in [-0.3, -0.25) is 10.1 Å². The lowest BCUT2D eigenvalue weighted by Crippen LogP contribution is -2.08. The third-order valence-corrected chi connectivity index (χ3v) is 4.96. The number of hydrogen-bond donors (Lipinski definition) is 0. The van der Waals surface area contributed by atoms with Crippen LogP contribution in [0.25, 0.3) is 5.69 Å². The monoisotopic (exact) mass is 401 g/mol. The first-order valence-corrected chi connectivity index (χ1v) is 9.89. The predicted molar refractivity (Wildman–Crippen MR) is 98.9 cm³/mol. The number of rotatable bonds is 6. The second-order valence-electron chi connectivity index (χ2n) is 5.92. The van der Waals surface area contributed by atoms with Gasteiger partial charge in [0, 0.05) is 24.1 Å². The van der Waals surface area contributed by atoms with Crippen molar-refractivity contribution in [2.75, 3.05) is 6.26 Å². The molecule has 0 spiro atoms. The van der Waals surface area contributed by atoms with E-state index in [1.54, 1.807) is 10.9 Å². The number of para-hydroxylation sites is 1. The molecule has 10 heteroatoms. The lowest BCUT2D eigenvalue weighted by atomic mass is 10.2. The molecule has 0 aliphatic carbocycles. The molecule has 0 aliphatic heterocycles. The van der Waals surface area contributed by atoms with Crippen LogP contribution >= 0.6 is 0 Å². The summed E-state index contributed by atoms with van der Waals surface area (Å²) in [6.07, 6.45) is 4.09. The maximum absolute atomic E-state index is 12.2. The number of nitro groups is 1. The van der Waals surface area contributed by atoms with Crippen molar-refractivity contribution in [3.05, 3.63) is 82.2 Å². The Bertz CT molecular complexity index is 1140. The molecule has 144 valence electrons. The molecule has 3 rings (SSSR count). The Balaban J connectivity index is 1.74. The minimum Gasteiger partial charge on any atom is -0.457 e. The zero-order valence-corrected chi connectivity index (χ0v) is 15.5. The average Bonchev–Trinajstić information content (AvgIpc) is 3.14. The maximum Gasteiger partial charge on any atom is 0.338 e. The molecular formula is C18H15N3O6S. The Hall–Kier alpha value is -3.53. The molecule has 1 heterocycles. The topological polar surface area (TPSA) is 121 Å². The number of esters is 1. The van der Waals surface area contributed by atoms with Gasteiger partial charge in [0.25, 0.3) is 5.69 Å². The first-order chi connectivity index (χ1) is 13.3.